The Morgan fingerprint density at radius 2 is 1.91 bits per heavy atom. The fourth-order valence-electron chi connectivity index (χ4n) is 3.10. The van der Waals surface area contributed by atoms with E-state index >= 15 is 0 Å². The third kappa shape index (κ3) is 6.47. The number of nitrogens with two attached hydrogens (primary N) is 1. The lowest BCUT2D eigenvalue weighted by Crippen LogP contribution is -2.18. The van der Waals surface area contributed by atoms with Gasteiger partial charge in [0.05, 0.1) is 6.04 Å². The number of allylic oxidation sites excluding steroid dienone is 6. The first-order valence-electron chi connectivity index (χ1n) is 10.2. The SMILES string of the molecule is C=CC(=C\C=C(/C)N)/C(C)=C/N(N=C)C(CCC)c1ccc(-c2nnc(C(F)F)o2)cc1. The quantitative estimate of drug-likeness (QED) is 0.251. The molecule has 1 unspecified atom stereocenters. The molecule has 1 atom stereocenters. The van der Waals surface area contributed by atoms with Crippen LogP contribution in [0.3, 0.4) is 0 Å². The minimum absolute atomic E-state index is 0.0531. The van der Waals surface area contributed by atoms with Crippen molar-refractivity contribution in [3.8, 4) is 11.5 Å². The molecular weight excluding hydrogens is 412 g/mol. The molecule has 32 heavy (non-hydrogen) atoms. The van der Waals surface area contributed by atoms with Gasteiger partial charge in [-0.3, -0.25) is 5.01 Å². The molecule has 8 heteroatoms. The number of benzene rings is 1. The van der Waals surface area contributed by atoms with Crippen molar-refractivity contribution in [2.45, 2.75) is 46.1 Å². The first-order chi connectivity index (χ1) is 15.3. The lowest BCUT2D eigenvalue weighted by atomic mass is 10.00. The van der Waals surface area contributed by atoms with E-state index in [-0.39, 0.29) is 11.9 Å². The highest BCUT2D eigenvalue weighted by atomic mass is 19.3. The van der Waals surface area contributed by atoms with Crippen LogP contribution in [0.2, 0.25) is 0 Å². The van der Waals surface area contributed by atoms with E-state index in [1.807, 2.05) is 49.3 Å². The van der Waals surface area contributed by atoms with Crippen molar-refractivity contribution in [3.63, 3.8) is 0 Å². The van der Waals surface area contributed by atoms with Crippen molar-refractivity contribution in [1.82, 2.24) is 15.2 Å². The van der Waals surface area contributed by atoms with E-state index in [1.165, 1.54) is 0 Å². The fraction of sp³-hybridized carbons (Fsp3) is 0.292. The van der Waals surface area contributed by atoms with Gasteiger partial charge in [-0.05, 0) is 55.2 Å². The van der Waals surface area contributed by atoms with Crippen LogP contribution in [0.25, 0.3) is 11.5 Å². The van der Waals surface area contributed by atoms with Crippen LogP contribution in [0.15, 0.2) is 81.6 Å². The van der Waals surface area contributed by atoms with Crippen molar-refractivity contribution >= 4 is 6.72 Å². The number of alkyl halides is 2. The average molecular weight is 442 g/mol. The lowest BCUT2D eigenvalue weighted by molar-refractivity contribution is 0.116. The van der Waals surface area contributed by atoms with Crippen LogP contribution in [0.1, 0.15) is 57.5 Å². The number of rotatable bonds is 11. The molecule has 0 aliphatic rings. The standard InChI is InChI=1S/C24H29F2N5O/c1-6-8-21(31(28-5)15-16(3)18(7-2)10-9-17(4)27)19-11-13-20(14-12-19)23-29-30-24(32-23)22(25)26/h7,9-15,21-22H,2,5-6,8,27H2,1,3-4H3/b16-15+,17-9+,18-10+. The summed E-state index contributed by atoms with van der Waals surface area (Å²) in [6.45, 7) is 13.5. The molecule has 2 N–H and O–H groups in total. The number of hydrazone groups is 1. The van der Waals surface area contributed by atoms with E-state index in [4.69, 9.17) is 10.2 Å². The number of aromatic nitrogens is 2. The monoisotopic (exact) mass is 441 g/mol. The van der Waals surface area contributed by atoms with Crippen LogP contribution >= 0.6 is 0 Å². The molecule has 1 aromatic heterocycles. The Morgan fingerprint density at radius 3 is 2.41 bits per heavy atom. The molecule has 0 spiro atoms. The third-order valence-corrected chi connectivity index (χ3v) is 4.74. The number of nitrogens with zero attached hydrogens (tertiary/aromatic N) is 4. The molecule has 6 nitrogen and oxygen atoms in total. The van der Waals surface area contributed by atoms with Gasteiger partial charge in [-0.15, -0.1) is 10.2 Å². The van der Waals surface area contributed by atoms with Gasteiger partial charge in [0.1, 0.15) is 0 Å². The summed E-state index contributed by atoms with van der Waals surface area (Å²) in [6, 6.07) is 7.26. The predicted molar refractivity (Wildman–Crippen MR) is 124 cm³/mol. The molecule has 0 saturated heterocycles. The van der Waals surface area contributed by atoms with Crippen LogP contribution in [-0.4, -0.2) is 21.9 Å². The highest BCUT2D eigenvalue weighted by Crippen LogP contribution is 2.30. The zero-order valence-corrected chi connectivity index (χ0v) is 18.6. The molecule has 0 aliphatic heterocycles. The maximum atomic E-state index is 12.7. The van der Waals surface area contributed by atoms with Gasteiger partial charge >= 0.3 is 6.43 Å². The number of halogens is 2. The number of hydrogen-bond donors (Lipinski definition) is 1. The van der Waals surface area contributed by atoms with E-state index in [2.05, 4.69) is 35.5 Å². The zero-order valence-electron chi connectivity index (χ0n) is 18.6. The van der Waals surface area contributed by atoms with Gasteiger partial charge in [-0.25, -0.2) is 0 Å². The zero-order chi connectivity index (χ0) is 23.7. The molecule has 2 rings (SSSR count). The van der Waals surface area contributed by atoms with Crippen LogP contribution in [0, 0.1) is 0 Å². The van der Waals surface area contributed by atoms with Crippen LogP contribution in [0.4, 0.5) is 8.78 Å². The van der Waals surface area contributed by atoms with Gasteiger partial charge in [0, 0.05) is 24.2 Å². The van der Waals surface area contributed by atoms with Gasteiger partial charge in [0.2, 0.25) is 5.89 Å². The van der Waals surface area contributed by atoms with E-state index in [9.17, 15) is 8.78 Å². The minimum Gasteiger partial charge on any atom is -0.415 e. The first-order valence-corrected chi connectivity index (χ1v) is 10.2. The van der Waals surface area contributed by atoms with Gasteiger partial charge < -0.3 is 10.2 Å². The van der Waals surface area contributed by atoms with Crippen molar-refractivity contribution in [1.29, 1.82) is 0 Å². The van der Waals surface area contributed by atoms with E-state index in [0.29, 0.717) is 11.3 Å². The number of hydrogen-bond acceptors (Lipinski definition) is 6. The second-order valence-electron chi connectivity index (χ2n) is 7.24. The molecule has 1 aromatic carbocycles. The normalized spacial score (nSPS) is 13.9. The summed E-state index contributed by atoms with van der Waals surface area (Å²) in [5.74, 6) is -0.640. The lowest BCUT2D eigenvalue weighted by Gasteiger charge is -2.27. The highest BCUT2D eigenvalue weighted by molar-refractivity contribution is 5.53. The summed E-state index contributed by atoms with van der Waals surface area (Å²) in [7, 11) is 0. The van der Waals surface area contributed by atoms with Crippen LogP contribution < -0.4 is 5.73 Å². The van der Waals surface area contributed by atoms with Gasteiger partial charge in [-0.2, -0.15) is 13.9 Å². The summed E-state index contributed by atoms with van der Waals surface area (Å²) in [5.41, 5.74) is 9.85. The van der Waals surface area contributed by atoms with Crippen LogP contribution in [0.5, 0.6) is 0 Å². The van der Waals surface area contributed by atoms with Crippen molar-refractivity contribution < 1.29 is 13.2 Å². The molecule has 2 aromatic rings. The summed E-state index contributed by atoms with van der Waals surface area (Å²) in [4.78, 5) is 0. The van der Waals surface area contributed by atoms with E-state index in [0.717, 1.165) is 29.6 Å². The van der Waals surface area contributed by atoms with Crippen molar-refractivity contribution in [2.75, 3.05) is 0 Å². The second-order valence-corrected chi connectivity index (χ2v) is 7.24. The highest BCUT2D eigenvalue weighted by Gasteiger charge is 2.19. The molecule has 0 fully saturated rings. The summed E-state index contributed by atoms with van der Waals surface area (Å²) in [5, 5.41) is 13.1. The Morgan fingerprint density at radius 1 is 1.22 bits per heavy atom. The predicted octanol–water partition coefficient (Wildman–Crippen LogP) is 6.31. The molecular formula is C24H29F2N5O. The van der Waals surface area contributed by atoms with Crippen molar-refractivity contribution in [3.05, 3.63) is 83.6 Å². The average Bonchev–Trinajstić information content (AvgIpc) is 3.27. The van der Waals surface area contributed by atoms with Gasteiger partial charge in [-0.1, -0.05) is 44.2 Å². The molecule has 170 valence electrons. The molecule has 0 aliphatic carbocycles. The first kappa shape index (κ1) is 24.7. The largest absolute Gasteiger partial charge is 0.415 e. The molecule has 0 saturated carbocycles. The van der Waals surface area contributed by atoms with Crippen LogP contribution in [-0.2, 0) is 0 Å². The minimum atomic E-state index is -2.80. The Hall–Kier alpha value is -3.55. The molecule has 1 heterocycles. The Balaban J connectivity index is 2.33. The maximum absolute atomic E-state index is 12.7. The smallest absolute Gasteiger partial charge is 0.314 e. The van der Waals surface area contributed by atoms with Crippen molar-refractivity contribution in [2.24, 2.45) is 10.8 Å². The Labute approximate surface area is 187 Å². The van der Waals surface area contributed by atoms with Gasteiger partial charge in [0.15, 0.2) is 0 Å². The third-order valence-electron chi connectivity index (χ3n) is 4.74. The molecule has 0 bridgehead atoms. The molecule has 0 amide bonds. The van der Waals surface area contributed by atoms with Gasteiger partial charge in [0.25, 0.3) is 5.89 Å². The maximum Gasteiger partial charge on any atom is 0.314 e. The molecule has 0 radical (unpaired) electrons. The Kier molecular flexibility index (Phi) is 9.07. The Bertz CT molecular complexity index is 1000. The van der Waals surface area contributed by atoms with E-state index < -0.39 is 12.3 Å². The summed E-state index contributed by atoms with van der Waals surface area (Å²) >= 11 is 0. The summed E-state index contributed by atoms with van der Waals surface area (Å²) < 4.78 is 30.4. The van der Waals surface area contributed by atoms with E-state index in [1.54, 1.807) is 18.2 Å². The second kappa shape index (κ2) is 11.7. The fourth-order valence-corrected chi connectivity index (χ4v) is 3.10. The summed E-state index contributed by atoms with van der Waals surface area (Å²) in [6.07, 6.45) is 6.34. The topological polar surface area (TPSA) is 80.5 Å².